The van der Waals surface area contributed by atoms with Gasteiger partial charge in [0, 0.05) is 16.6 Å². The Morgan fingerprint density at radius 3 is 3.21 bits per heavy atom. The zero-order valence-corrected chi connectivity index (χ0v) is 11.5. The molecule has 1 unspecified atom stereocenters. The lowest BCUT2D eigenvalue weighted by Gasteiger charge is -2.24. The lowest BCUT2D eigenvalue weighted by molar-refractivity contribution is -0.121. The highest BCUT2D eigenvalue weighted by atomic mass is 35.5. The number of ether oxygens (including phenoxy) is 1. The average molecular weight is 295 g/mol. The number of hydrogen-bond acceptors (Lipinski definition) is 4. The molecule has 0 saturated heterocycles. The fraction of sp³-hybridized carbons (Fsp3) is 0.231. The van der Waals surface area contributed by atoms with Crippen molar-refractivity contribution in [2.45, 2.75) is 6.42 Å². The molecule has 3 rings (SSSR count). The van der Waals surface area contributed by atoms with Gasteiger partial charge in [-0.05, 0) is 30.2 Å². The third-order valence-corrected chi connectivity index (χ3v) is 3.89. The van der Waals surface area contributed by atoms with Crippen molar-refractivity contribution in [3.63, 3.8) is 0 Å². The first-order valence-corrected chi connectivity index (χ1v) is 7.10. The van der Waals surface area contributed by atoms with Crippen LogP contribution in [0.4, 0.5) is 5.13 Å². The van der Waals surface area contributed by atoms with E-state index in [2.05, 4.69) is 10.3 Å². The van der Waals surface area contributed by atoms with Gasteiger partial charge < -0.3 is 10.1 Å². The SMILES string of the molecule is O=C(Nc1nccs1)C1COc2ccc(Cl)cc2C1. The van der Waals surface area contributed by atoms with Gasteiger partial charge in [-0.1, -0.05) is 11.6 Å². The number of fused-ring (bicyclic) bond motifs is 1. The molecule has 4 nitrogen and oxygen atoms in total. The van der Waals surface area contributed by atoms with E-state index in [9.17, 15) is 4.79 Å². The number of hydrogen-bond donors (Lipinski definition) is 1. The number of nitrogens with zero attached hydrogens (tertiary/aromatic N) is 1. The van der Waals surface area contributed by atoms with Crippen molar-refractivity contribution in [2.24, 2.45) is 5.92 Å². The zero-order chi connectivity index (χ0) is 13.2. The van der Waals surface area contributed by atoms with E-state index in [1.165, 1.54) is 11.3 Å². The summed E-state index contributed by atoms with van der Waals surface area (Å²) in [7, 11) is 0. The highest BCUT2D eigenvalue weighted by Crippen LogP contribution is 2.30. The first-order chi connectivity index (χ1) is 9.22. The predicted octanol–water partition coefficient (Wildman–Crippen LogP) is 2.99. The van der Waals surface area contributed by atoms with Gasteiger partial charge in [-0.3, -0.25) is 4.79 Å². The van der Waals surface area contributed by atoms with E-state index < -0.39 is 0 Å². The van der Waals surface area contributed by atoms with Crippen molar-refractivity contribution in [2.75, 3.05) is 11.9 Å². The summed E-state index contributed by atoms with van der Waals surface area (Å²) in [5.74, 6) is 0.526. The second-order valence-electron chi connectivity index (χ2n) is 4.29. The maximum absolute atomic E-state index is 12.1. The second-order valence-corrected chi connectivity index (χ2v) is 5.62. The summed E-state index contributed by atoms with van der Waals surface area (Å²) in [6.45, 7) is 0.381. The number of rotatable bonds is 2. The normalized spacial score (nSPS) is 17.4. The number of benzene rings is 1. The zero-order valence-electron chi connectivity index (χ0n) is 9.93. The minimum Gasteiger partial charge on any atom is -0.492 e. The number of halogens is 1. The summed E-state index contributed by atoms with van der Waals surface area (Å²) in [5.41, 5.74) is 0.970. The highest BCUT2D eigenvalue weighted by molar-refractivity contribution is 7.13. The molecule has 0 spiro atoms. The van der Waals surface area contributed by atoms with Gasteiger partial charge >= 0.3 is 0 Å². The molecule has 98 valence electrons. The summed E-state index contributed by atoms with van der Waals surface area (Å²) >= 11 is 7.35. The summed E-state index contributed by atoms with van der Waals surface area (Å²) in [5, 5.41) is 5.88. The van der Waals surface area contributed by atoms with Crippen molar-refractivity contribution >= 4 is 34.0 Å². The van der Waals surface area contributed by atoms with Crippen molar-refractivity contribution < 1.29 is 9.53 Å². The van der Waals surface area contributed by atoms with Gasteiger partial charge in [-0.2, -0.15) is 0 Å². The minimum atomic E-state index is -0.213. The highest BCUT2D eigenvalue weighted by Gasteiger charge is 2.26. The first-order valence-electron chi connectivity index (χ1n) is 5.84. The van der Waals surface area contributed by atoms with Crippen LogP contribution in [-0.2, 0) is 11.2 Å². The Bertz CT molecular complexity index is 601. The number of aromatic nitrogens is 1. The molecular weight excluding hydrogens is 284 g/mol. The summed E-state index contributed by atoms with van der Waals surface area (Å²) < 4.78 is 5.59. The summed E-state index contributed by atoms with van der Waals surface area (Å²) in [4.78, 5) is 16.1. The molecule has 1 aromatic carbocycles. The van der Waals surface area contributed by atoms with E-state index in [1.807, 2.05) is 17.5 Å². The van der Waals surface area contributed by atoms with Crippen LogP contribution in [0.1, 0.15) is 5.56 Å². The number of anilines is 1. The quantitative estimate of drug-likeness (QED) is 0.926. The van der Waals surface area contributed by atoms with Crippen molar-refractivity contribution in [3.05, 3.63) is 40.4 Å². The number of thiazole rings is 1. The third kappa shape index (κ3) is 2.72. The fourth-order valence-corrected chi connectivity index (χ4v) is 2.75. The summed E-state index contributed by atoms with van der Waals surface area (Å²) in [6, 6.07) is 5.47. The number of amides is 1. The molecule has 0 aliphatic carbocycles. The molecule has 1 aliphatic rings. The molecular formula is C13H11ClN2O2S. The van der Waals surface area contributed by atoms with E-state index in [1.54, 1.807) is 12.3 Å². The average Bonchev–Trinajstić information content (AvgIpc) is 2.90. The Hall–Kier alpha value is -1.59. The molecule has 2 heterocycles. The molecule has 0 bridgehead atoms. The van der Waals surface area contributed by atoms with Crippen LogP contribution in [0.15, 0.2) is 29.8 Å². The second kappa shape index (κ2) is 5.19. The molecule has 1 amide bonds. The number of carbonyl (C=O) groups is 1. The molecule has 1 aromatic heterocycles. The van der Waals surface area contributed by atoms with Crippen molar-refractivity contribution in [3.8, 4) is 5.75 Å². The van der Waals surface area contributed by atoms with Crippen LogP contribution in [0.3, 0.4) is 0 Å². The van der Waals surface area contributed by atoms with Crippen LogP contribution in [0.25, 0.3) is 0 Å². The van der Waals surface area contributed by atoms with Crippen molar-refractivity contribution in [1.29, 1.82) is 0 Å². The molecule has 1 N–H and O–H groups in total. The van der Waals surface area contributed by atoms with Crippen LogP contribution in [0.2, 0.25) is 5.02 Å². The predicted molar refractivity (Wildman–Crippen MR) is 74.9 cm³/mol. The van der Waals surface area contributed by atoms with Crippen LogP contribution in [0.5, 0.6) is 5.75 Å². The maximum Gasteiger partial charge on any atom is 0.233 e. The fourth-order valence-electron chi connectivity index (χ4n) is 2.02. The Morgan fingerprint density at radius 2 is 2.42 bits per heavy atom. The topological polar surface area (TPSA) is 51.2 Å². The molecule has 1 aliphatic heterocycles. The van der Waals surface area contributed by atoms with Gasteiger partial charge in [0.05, 0.1) is 5.92 Å². The molecule has 0 saturated carbocycles. The molecule has 6 heteroatoms. The molecule has 0 fully saturated rings. The van der Waals surface area contributed by atoms with Gasteiger partial charge in [-0.25, -0.2) is 4.98 Å². The largest absolute Gasteiger partial charge is 0.492 e. The molecule has 2 aromatic rings. The minimum absolute atomic E-state index is 0.0689. The smallest absolute Gasteiger partial charge is 0.233 e. The Morgan fingerprint density at radius 1 is 1.53 bits per heavy atom. The standard InChI is InChI=1S/C13H11ClN2O2S/c14-10-1-2-11-8(6-10)5-9(7-18-11)12(17)16-13-15-3-4-19-13/h1-4,6,9H,5,7H2,(H,15,16,17). The summed E-state index contributed by atoms with van der Waals surface area (Å²) in [6.07, 6.45) is 2.29. The Kier molecular flexibility index (Phi) is 3.40. The van der Waals surface area contributed by atoms with Crippen molar-refractivity contribution in [1.82, 2.24) is 4.98 Å². The van der Waals surface area contributed by atoms with Crippen LogP contribution in [0, 0.1) is 5.92 Å². The van der Waals surface area contributed by atoms with Gasteiger partial charge in [0.1, 0.15) is 12.4 Å². The van der Waals surface area contributed by atoms with Crippen LogP contribution >= 0.6 is 22.9 Å². The number of carbonyl (C=O) groups excluding carboxylic acids is 1. The Labute approximate surface area is 119 Å². The van der Waals surface area contributed by atoms with E-state index in [0.717, 1.165) is 11.3 Å². The molecule has 0 radical (unpaired) electrons. The van der Waals surface area contributed by atoms with Gasteiger partial charge in [0.25, 0.3) is 0 Å². The lowest BCUT2D eigenvalue weighted by atomic mass is 9.96. The first kappa shape index (κ1) is 12.4. The van der Waals surface area contributed by atoms with Gasteiger partial charge in [0.15, 0.2) is 5.13 Å². The van der Waals surface area contributed by atoms with Gasteiger partial charge in [0.2, 0.25) is 5.91 Å². The monoisotopic (exact) mass is 294 g/mol. The molecule has 1 atom stereocenters. The van der Waals surface area contributed by atoms with E-state index in [4.69, 9.17) is 16.3 Å². The molecule has 19 heavy (non-hydrogen) atoms. The number of nitrogens with one attached hydrogen (secondary N) is 1. The van der Waals surface area contributed by atoms with Crippen LogP contribution in [-0.4, -0.2) is 17.5 Å². The van der Waals surface area contributed by atoms with Gasteiger partial charge in [-0.15, -0.1) is 11.3 Å². The van der Waals surface area contributed by atoms with E-state index >= 15 is 0 Å². The lowest BCUT2D eigenvalue weighted by Crippen LogP contribution is -2.32. The Balaban J connectivity index is 1.72. The third-order valence-electron chi connectivity index (χ3n) is 2.96. The maximum atomic E-state index is 12.1. The van der Waals surface area contributed by atoms with E-state index in [-0.39, 0.29) is 11.8 Å². The van der Waals surface area contributed by atoms with E-state index in [0.29, 0.717) is 23.2 Å². The van der Waals surface area contributed by atoms with Crippen LogP contribution < -0.4 is 10.1 Å².